The summed E-state index contributed by atoms with van der Waals surface area (Å²) >= 11 is 0. The maximum absolute atomic E-state index is 13.0. The zero-order valence-electron chi connectivity index (χ0n) is 15.8. The second-order valence-electron chi connectivity index (χ2n) is 7.60. The van der Waals surface area contributed by atoms with Crippen molar-refractivity contribution in [3.63, 3.8) is 0 Å². The van der Waals surface area contributed by atoms with Gasteiger partial charge in [0.25, 0.3) is 5.91 Å². The van der Waals surface area contributed by atoms with E-state index >= 15 is 0 Å². The van der Waals surface area contributed by atoms with Gasteiger partial charge in [0, 0.05) is 25.7 Å². The molecule has 2 aliphatic heterocycles. The van der Waals surface area contributed by atoms with Crippen LogP contribution in [0.15, 0.2) is 18.2 Å². The number of ether oxygens (including phenoxy) is 3. The average Bonchev–Trinajstić information content (AvgIpc) is 2.59. The molecule has 142 valence electrons. The fourth-order valence-electron chi connectivity index (χ4n) is 3.15. The third-order valence-corrected chi connectivity index (χ3v) is 4.34. The molecule has 1 saturated heterocycles. The Labute approximate surface area is 153 Å². The monoisotopic (exact) mass is 362 g/mol. The van der Waals surface area contributed by atoms with Crippen molar-refractivity contribution in [3.8, 4) is 11.5 Å². The van der Waals surface area contributed by atoms with Crippen molar-refractivity contribution in [2.24, 2.45) is 0 Å². The van der Waals surface area contributed by atoms with Gasteiger partial charge >= 0.3 is 6.09 Å². The van der Waals surface area contributed by atoms with Crippen LogP contribution >= 0.6 is 0 Å². The molecule has 2 heterocycles. The molecule has 1 atom stereocenters. The molecule has 0 spiro atoms. The zero-order chi connectivity index (χ0) is 18.9. The molecule has 2 aliphatic rings. The smallest absolute Gasteiger partial charge is 0.410 e. The van der Waals surface area contributed by atoms with E-state index in [0.717, 1.165) is 0 Å². The van der Waals surface area contributed by atoms with Crippen molar-refractivity contribution in [2.45, 2.75) is 39.3 Å². The van der Waals surface area contributed by atoms with Crippen molar-refractivity contribution in [1.29, 1.82) is 0 Å². The molecule has 1 fully saturated rings. The highest BCUT2D eigenvalue weighted by molar-refractivity contribution is 5.98. The molecule has 0 N–H and O–H groups in total. The van der Waals surface area contributed by atoms with Gasteiger partial charge in [0.05, 0.1) is 5.56 Å². The van der Waals surface area contributed by atoms with Gasteiger partial charge in [-0.25, -0.2) is 4.79 Å². The molecule has 0 aromatic heterocycles. The minimum absolute atomic E-state index is 0.108. The van der Waals surface area contributed by atoms with Gasteiger partial charge in [-0.2, -0.15) is 0 Å². The number of para-hydroxylation sites is 1. The van der Waals surface area contributed by atoms with Crippen molar-refractivity contribution in [3.05, 3.63) is 23.8 Å². The molecule has 0 aliphatic carbocycles. The molecule has 26 heavy (non-hydrogen) atoms. The Morgan fingerprint density at radius 1 is 1.15 bits per heavy atom. The summed E-state index contributed by atoms with van der Waals surface area (Å²) in [4.78, 5) is 28.7. The predicted octanol–water partition coefficient (Wildman–Crippen LogP) is 2.54. The third kappa shape index (κ3) is 3.86. The van der Waals surface area contributed by atoms with E-state index in [4.69, 9.17) is 14.2 Å². The first-order chi connectivity index (χ1) is 12.3. The fraction of sp³-hybridized carbons (Fsp3) is 0.579. The van der Waals surface area contributed by atoms with Gasteiger partial charge in [-0.1, -0.05) is 6.07 Å². The lowest BCUT2D eigenvalue weighted by molar-refractivity contribution is 0.00189. The van der Waals surface area contributed by atoms with E-state index in [9.17, 15) is 9.59 Å². The zero-order valence-corrected chi connectivity index (χ0v) is 15.8. The van der Waals surface area contributed by atoms with Crippen LogP contribution in [0.2, 0.25) is 0 Å². The van der Waals surface area contributed by atoms with Crippen LogP contribution in [0.25, 0.3) is 0 Å². The van der Waals surface area contributed by atoms with Crippen LogP contribution in [0.1, 0.15) is 38.1 Å². The summed E-state index contributed by atoms with van der Waals surface area (Å²) in [5.74, 6) is 0.997. The summed E-state index contributed by atoms with van der Waals surface area (Å²) in [6, 6.07) is 5.22. The maximum Gasteiger partial charge on any atom is 0.410 e. The summed E-state index contributed by atoms with van der Waals surface area (Å²) in [5.41, 5.74) is -0.0374. The molecular formula is C19H26N2O5. The Hall–Kier alpha value is -2.44. The number of amides is 2. The first-order valence-electron chi connectivity index (χ1n) is 8.94. The molecule has 3 rings (SSSR count). The van der Waals surface area contributed by atoms with Crippen LogP contribution in [-0.4, -0.2) is 66.3 Å². The SMILES string of the molecule is CC1CN(C(=O)c2cccc3c2OCCO3)CCN1C(=O)OC(C)(C)C. The fourth-order valence-corrected chi connectivity index (χ4v) is 3.15. The standard InChI is InChI=1S/C19H26N2O5/c1-13-12-20(8-9-21(13)18(23)26-19(2,3)4)17(22)14-6-5-7-15-16(14)25-11-10-24-15/h5-7,13H,8-12H2,1-4H3. The molecule has 0 bridgehead atoms. The van der Waals surface area contributed by atoms with E-state index in [0.29, 0.717) is 49.9 Å². The summed E-state index contributed by atoms with van der Waals surface area (Å²) in [7, 11) is 0. The lowest BCUT2D eigenvalue weighted by Gasteiger charge is -2.40. The number of hydrogen-bond donors (Lipinski definition) is 0. The Balaban J connectivity index is 1.69. The Kier molecular flexibility index (Phi) is 4.98. The molecule has 1 unspecified atom stereocenters. The second-order valence-corrected chi connectivity index (χ2v) is 7.60. The van der Waals surface area contributed by atoms with Crippen LogP contribution in [0.4, 0.5) is 4.79 Å². The molecule has 2 amide bonds. The van der Waals surface area contributed by atoms with Gasteiger partial charge in [0.2, 0.25) is 0 Å². The molecule has 7 heteroatoms. The number of fused-ring (bicyclic) bond motifs is 1. The topological polar surface area (TPSA) is 68.3 Å². The Bertz CT molecular complexity index is 698. The van der Waals surface area contributed by atoms with Crippen LogP contribution in [0.3, 0.4) is 0 Å². The quantitative estimate of drug-likeness (QED) is 0.768. The summed E-state index contributed by atoms with van der Waals surface area (Å²) in [6.07, 6.45) is -0.342. The number of nitrogens with zero attached hydrogens (tertiary/aromatic N) is 2. The van der Waals surface area contributed by atoms with Gasteiger partial charge in [-0.3, -0.25) is 4.79 Å². The summed E-state index contributed by atoms with van der Waals surface area (Å²) in [6.45, 7) is 9.70. The van der Waals surface area contributed by atoms with Crippen molar-refractivity contribution < 1.29 is 23.8 Å². The normalized spacial score (nSPS) is 19.9. The number of benzene rings is 1. The van der Waals surface area contributed by atoms with Gasteiger partial charge in [-0.15, -0.1) is 0 Å². The average molecular weight is 362 g/mol. The highest BCUT2D eigenvalue weighted by atomic mass is 16.6. The largest absolute Gasteiger partial charge is 0.486 e. The third-order valence-electron chi connectivity index (χ3n) is 4.34. The molecule has 1 aromatic carbocycles. The lowest BCUT2D eigenvalue weighted by atomic mass is 10.1. The number of carbonyl (C=O) groups excluding carboxylic acids is 2. The summed E-state index contributed by atoms with van der Waals surface area (Å²) < 4.78 is 16.7. The molecular weight excluding hydrogens is 336 g/mol. The van der Waals surface area contributed by atoms with Crippen LogP contribution in [-0.2, 0) is 4.74 Å². The van der Waals surface area contributed by atoms with Crippen molar-refractivity contribution >= 4 is 12.0 Å². The van der Waals surface area contributed by atoms with Crippen molar-refractivity contribution in [2.75, 3.05) is 32.8 Å². The van der Waals surface area contributed by atoms with Gasteiger partial charge in [-0.05, 0) is 39.8 Å². The predicted molar refractivity (Wildman–Crippen MR) is 95.7 cm³/mol. The van der Waals surface area contributed by atoms with E-state index in [2.05, 4.69) is 0 Å². The Morgan fingerprint density at radius 2 is 1.88 bits per heavy atom. The highest BCUT2D eigenvalue weighted by Gasteiger charge is 2.34. The number of hydrogen-bond acceptors (Lipinski definition) is 5. The number of piperazine rings is 1. The maximum atomic E-state index is 13.0. The molecule has 1 aromatic rings. The molecule has 7 nitrogen and oxygen atoms in total. The van der Waals surface area contributed by atoms with Gasteiger partial charge in [0.1, 0.15) is 18.8 Å². The van der Waals surface area contributed by atoms with E-state index in [1.54, 1.807) is 28.0 Å². The number of rotatable bonds is 1. The summed E-state index contributed by atoms with van der Waals surface area (Å²) in [5, 5.41) is 0. The number of carbonyl (C=O) groups is 2. The van der Waals surface area contributed by atoms with E-state index in [-0.39, 0.29) is 18.0 Å². The van der Waals surface area contributed by atoms with E-state index in [1.807, 2.05) is 27.7 Å². The lowest BCUT2D eigenvalue weighted by Crippen LogP contribution is -2.56. The minimum Gasteiger partial charge on any atom is -0.486 e. The Morgan fingerprint density at radius 3 is 2.58 bits per heavy atom. The van der Waals surface area contributed by atoms with Crippen LogP contribution < -0.4 is 9.47 Å². The van der Waals surface area contributed by atoms with Gasteiger partial charge in [0.15, 0.2) is 11.5 Å². The van der Waals surface area contributed by atoms with E-state index in [1.165, 1.54) is 0 Å². The van der Waals surface area contributed by atoms with Crippen molar-refractivity contribution in [1.82, 2.24) is 9.80 Å². The minimum atomic E-state index is -0.538. The van der Waals surface area contributed by atoms with E-state index < -0.39 is 5.60 Å². The molecule has 0 saturated carbocycles. The van der Waals surface area contributed by atoms with Crippen LogP contribution in [0.5, 0.6) is 11.5 Å². The first-order valence-corrected chi connectivity index (χ1v) is 8.94. The first kappa shape index (κ1) is 18.4. The molecule has 0 radical (unpaired) electrons. The highest BCUT2D eigenvalue weighted by Crippen LogP contribution is 2.34. The van der Waals surface area contributed by atoms with Crippen LogP contribution in [0, 0.1) is 0 Å². The second kappa shape index (κ2) is 7.05. The van der Waals surface area contributed by atoms with Gasteiger partial charge < -0.3 is 24.0 Å².